The molecule has 0 aliphatic carbocycles. The van der Waals surface area contributed by atoms with Crippen molar-refractivity contribution in [2.75, 3.05) is 50.7 Å². The summed E-state index contributed by atoms with van der Waals surface area (Å²) in [5.74, 6) is 0.811. The van der Waals surface area contributed by atoms with E-state index in [-0.39, 0.29) is 24.8 Å². The number of β-amino-alcohol motifs (C(OH)–C–C–N with tert-alkyl or cyclic N) is 1. The highest BCUT2D eigenvalue weighted by atomic mass is 35.5. The molecule has 2 N–H and O–H groups in total. The fourth-order valence-electron chi connectivity index (χ4n) is 3.65. The molecule has 27 heavy (non-hydrogen) atoms. The summed E-state index contributed by atoms with van der Waals surface area (Å²) in [7, 11) is 0. The van der Waals surface area contributed by atoms with Gasteiger partial charge in [-0.15, -0.1) is 24.8 Å². The predicted octanol–water partition coefficient (Wildman–Crippen LogP) is 2.29. The Kier molecular flexibility index (Phi) is 8.27. The van der Waals surface area contributed by atoms with Gasteiger partial charge >= 0.3 is 0 Å². The van der Waals surface area contributed by atoms with Gasteiger partial charge in [-0.2, -0.15) is 9.36 Å². The molecule has 0 radical (unpaired) electrons. The van der Waals surface area contributed by atoms with Crippen LogP contribution in [0.5, 0.6) is 0 Å². The van der Waals surface area contributed by atoms with Crippen LogP contribution in [0, 0.1) is 0 Å². The molecule has 1 aromatic heterocycles. The Morgan fingerprint density at radius 3 is 2.52 bits per heavy atom. The summed E-state index contributed by atoms with van der Waals surface area (Å²) < 4.78 is 4.51. The maximum Gasteiger partial charge on any atom is 0.205 e. The average Bonchev–Trinajstić information content (AvgIpc) is 3.13. The number of piperidine rings is 1. The van der Waals surface area contributed by atoms with Crippen LogP contribution in [0.25, 0.3) is 11.4 Å². The normalized spacial score (nSPS) is 23.4. The van der Waals surface area contributed by atoms with Crippen molar-refractivity contribution in [2.45, 2.75) is 18.4 Å². The molecule has 2 aliphatic rings. The highest BCUT2D eigenvalue weighted by molar-refractivity contribution is 7.09. The van der Waals surface area contributed by atoms with Crippen LogP contribution in [0.1, 0.15) is 12.8 Å². The number of piperazine rings is 1. The van der Waals surface area contributed by atoms with Gasteiger partial charge in [-0.3, -0.25) is 4.90 Å². The summed E-state index contributed by atoms with van der Waals surface area (Å²) in [5, 5.41) is 15.0. The Balaban J connectivity index is 0.00000131. The molecule has 150 valence electrons. The molecule has 9 heteroatoms. The summed E-state index contributed by atoms with van der Waals surface area (Å²) in [6.45, 7) is 6.30. The van der Waals surface area contributed by atoms with Crippen molar-refractivity contribution < 1.29 is 5.11 Å². The maximum absolute atomic E-state index is 10.7. The molecule has 6 nitrogen and oxygen atoms in total. The Labute approximate surface area is 177 Å². The molecular formula is C18H27Cl2N5OS. The van der Waals surface area contributed by atoms with Crippen molar-refractivity contribution in [1.82, 2.24) is 19.6 Å². The van der Waals surface area contributed by atoms with Crippen LogP contribution in [0.4, 0.5) is 5.13 Å². The minimum Gasteiger partial charge on any atom is -0.387 e. The molecule has 0 spiro atoms. The first kappa shape index (κ1) is 22.3. The summed E-state index contributed by atoms with van der Waals surface area (Å²) >= 11 is 1.47. The Bertz CT molecular complexity index is 688. The van der Waals surface area contributed by atoms with Crippen molar-refractivity contribution in [2.24, 2.45) is 0 Å². The SMILES string of the molecule is Cl.Cl.OC1(CN2CCN(c3nc(-c4ccccc4)ns3)CC2)CCCNC1. The van der Waals surface area contributed by atoms with E-state index >= 15 is 0 Å². The van der Waals surface area contributed by atoms with E-state index in [1.807, 2.05) is 30.3 Å². The molecule has 0 saturated carbocycles. The average molecular weight is 432 g/mol. The number of benzene rings is 1. The second-order valence-electron chi connectivity index (χ2n) is 7.03. The highest BCUT2D eigenvalue weighted by Crippen LogP contribution is 2.25. The topological polar surface area (TPSA) is 64.5 Å². The predicted molar refractivity (Wildman–Crippen MR) is 116 cm³/mol. The molecule has 2 saturated heterocycles. The zero-order valence-electron chi connectivity index (χ0n) is 15.2. The number of hydrogen-bond donors (Lipinski definition) is 2. The van der Waals surface area contributed by atoms with Crippen molar-refractivity contribution in [3.63, 3.8) is 0 Å². The summed E-state index contributed by atoms with van der Waals surface area (Å²) in [6, 6.07) is 10.1. The monoisotopic (exact) mass is 431 g/mol. The van der Waals surface area contributed by atoms with E-state index in [4.69, 9.17) is 4.98 Å². The third kappa shape index (κ3) is 5.53. The number of anilines is 1. The van der Waals surface area contributed by atoms with E-state index < -0.39 is 5.60 Å². The number of nitrogens with zero attached hydrogens (tertiary/aromatic N) is 4. The lowest BCUT2D eigenvalue weighted by Gasteiger charge is -2.41. The Morgan fingerprint density at radius 1 is 1.11 bits per heavy atom. The van der Waals surface area contributed by atoms with Crippen molar-refractivity contribution in [3.05, 3.63) is 30.3 Å². The van der Waals surface area contributed by atoms with Gasteiger partial charge in [0.15, 0.2) is 5.82 Å². The summed E-state index contributed by atoms with van der Waals surface area (Å²) in [6.07, 6.45) is 1.96. The molecule has 3 heterocycles. The van der Waals surface area contributed by atoms with Gasteiger partial charge in [0.05, 0.1) is 5.60 Å². The van der Waals surface area contributed by atoms with Crippen LogP contribution in [-0.4, -0.2) is 70.8 Å². The lowest BCUT2D eigenvalue weighted by atomic mass is 9.93. The van der Waals surface area contributed by atoms with Gasteiger partial charge in [0.1, 0.15) is 0 Å². The highest BCUT2D eigenvalue weighted by Gasteiger charge is 2.32. The van der Waals surface area contributed by atoms with Crippen molar-refractivity contribution >= 4 is 41.5 Å². The lowest BCUT2D eigenvalue weighted by Crippen LogP contribution is -2.56. The Morgan fingerprint density at radius 2 is 1.85 bits per heavy atom. The van der Waals surface area contributed by atoms with Gasteiger partial charge in [0, 0.05) is 56.4 Å². The van der Waals surface area contributed by atoms with Crippen LogP contribution >= 0.6 is 36.3 Å². The first-order valence-electron chi connectivity index (χ1n) is 9.01. The van der Waals surface area contributed by atoms with E-state index in [0.29, 0.717) is 6.54 Å². The number of aliphatic hydroxyl groups is 1. The fourth-order valence-corrected chi connectivity index (χ4v) is 4.39. The van der Waals surface area contributed by atoms with Crippen LogP contribution < -0.4 is 10.2 Å². The summed E-state index contributed by atoms with van der Waals surface area (Å²) in [5.41, 5.74) is 0.500. The zero-order valence-corrected chi connectivity index (χ0v) is 17.7. The largest absolute Gasteiger partial charge is 0.387 e. The molecule has 2 aliphatic heterocycles. The summed E-state index contributed by atoms with van der Waals surface area (Å²) in [4.78, 5) is 9.40. The lowest BCUT2D eigenvalue weighted by molar-refractivity contribution is -0.0164. The van der Waals surface area contributed by atoms with Gasteiger partial charge < -0.3 is 15.3 Å². The fraction of sp³-hybridized carbons (Fsp3) is 0.556. The van der Waals surface area contributed by atoms with Crippen LogP contribution in [0.3, 0.4) is 0 Å². The molecular weight excluding hydrogens is 405 g/mol. The van der Waals surface area contributed by atoms with Gasteiger partial charge in [0.25, 0.3) is 0 Å². The van der Waals surface area contributed by atoms with Crippen LogP contribution in [0.2, 0.25) is 0 Å². The maximum atomic E-state index is 10.7. The number of rotatable bonds is 4. The van der Waals surface area contributed by atoms with E-state index in [1.165, 1.54) is 11.5 Å². The molecule has 0 amide bonds. The number of aromatic nitrogens is 2. The van der Waals surface area contributed by atoms with Gasteiger partial charge in [0.2, 0.25) is 5.13 Å². The smallest absolute Gasteiger partial charge is 0.205 e. The number of hydrogen-bond acceptors (Lipinski definition) is 7. The molecule has 1 aromatic carbocycles. The molecule has 1 atom stereocenters. The number of halogens is 2. The Hall–Kier alpha value is -0.960. The van der Waals surface area contributed by atoms with E-state index in [0.717, 1.165) is 68.6 Å². The standard InChI is InChI=1S/C18H25N5OS.2ClH/c24-18(7-4-8-19-13-18)14-22-9-11-23(12-10-22)17-20-16(21-25-17)15-5-2-1-3-6-15;;/h1-3,5-6,19,24H,4,7-14H2;2*1H. The second kappa shape index (κ2) is 10.0. The van der Waals surface area contributed by atoms with Crippen molar-refractivity contribution in [1.29, 1.82) is 0 Å². The third-order valence-corrected chi connectivity index (χ3v) is 5.83. The first-order valence-corrected chi connectivity index (χ1v) is 9.79. The van der Waals surface area contributed by atoms with Gasteiger partial charge in [-0.1, -0.05) is 30.3 Å². The van der Waals surface area contributed by atoms with E-state index in [9.17, 15) is 5.11 Å². The van der Waals surface area contributed by atoms with Crippen molar-refractivity contribution in [3.8, 4) is 11.4 Å². The van der Waals surface area contributed by atoms with Crippen LogP contribution in [0.15, 0.2) is 30.3 Å². The molecule has 2 fully saturated rings. The van der Waals surface area contributed by atoms with Crippen LogP contribution in [-0.2, 0) is 0 Å². The third-order valence-electron chi connectivity index (χ3n) is 5.06. The quantitative estimate of drug-likeness (QED) is 0.773. The van der Waals surface area contributed by atoms with Gasteiger partial charge in [-0.05, 0) is 19.4 Å². The minimum absolute atomic E-state index is 0. The second-order valence-corrected chi connectivity index (χ2v) is 7.76. The number of nitrogens with one attached hydrogen (secondary N) is 1. The molecule has 4 rings (SSSR count). The molecule has 1 unspecified atom stereocenters. The van der Waals surface area contributed by atoms with E-state index in [2.05, 4.69) is 19.5 Å². The molecule has 2 aromatic rings. The minimum atomic E-state index is -0.566. The van der Waals surface area contributed by atoms with E-state index in [1.54, 1.807) is 0 Å². The zero-order chi connectivity index (χ0) is 17.1. The van der Waals surface area contributed by atoms with Gasteiger partial charge in [-0.25, -0.2) is 0 Å². The molecule has 0 bridgehead atoms. The first-order chi connectivity index (χ1) is 12.2.